The number of para-hydroxylation sites is 1. The summed E-state index contributed by atoms with van der Waals surface area (Å²) in [5, 5.41) is 3.61. The molecule has 0 radical (unpaired) electrons. The molecular formula is C22H27N3O. The summed E-state index contributed by atoms with van der Waals surface area (Å²) in [7, 11) is 0. The van der Waals surface area contributed by atoms with Gasteiger partial charge in [0.1, 0.15) is 0 Å². The number of benzene rings is 1. The molecule has 4 rings (SSSR count). The third-order valence-electron chi connectivity index (χ3n) is 5.46. The van der Waals surface area contributed by atoms with Gasteiger partial charge < -0.3 is 10.2 Å². The van der Waals surface area contributed by atoms with Crippen molar-refractivity contribution in [2.45, 2.75) is 45.1 Å². The van der Waals surface area contributed by atoms with Crippen LogP contribution >= 0.6 is 0 Å². The predicted octanol–water partition coefficient (Wildman–Crippen LogP) is 3.80. The van der Waals surface area contributed by atoms with Crippen LogP contribution in [0.25, 0.3) is 0 Å². The standard InChI is InChI=1S/C22H27N3O/c1-16-10-12-23-19(15-16)22(18-8-9-18)24-13-11-21(26)25-14-4-6-17-5-2-3-7-20(17)25/h2-3,5,7,10,12,15,18,22,24H,4,6,8-9,11,13-14H2,1H3. The number of hydrogen-bond donors (Lipinski definition) is 1. The van der Waals surface area contributed by atoms with Crippen LogP contribution in [0.3, 0.4) is 0 Å². The molecule has 4 heteroatoms. The maximum absolute atomic E-state index is 12.8. The van der Waals surface area contributed by atoms with E-state index in [-0.39, 0.29) is 11.9 Å². The number of anilines is 1. The molecule has 1 atom stereocenters. The van der Waals surface area contributed by atoms with E-state index < -0.39 is 0 Å². The molecule has 1 fully saturated rings. The zero-order chi connectivity index (χ0) is 17.9. The molecule has 26 heavy (non-hydrogen) atoms. The number of aryl methyl sites for hydroxylation is 2. The molecule has 1 aromatic carbocycles. The largest absolute Gasteiger partial charge is 0.312 e. The van der Waals surface area contributed by atoms with Gasteiger partial charge in [-0.2, -0.15) is 0 Å². The number of fused-ring (bicyclic) bond motifs is 1. The van der Waals surface area contributed by atoms with E-state index >= 15 is 0 Å². The minimum Gasteiger partial charge on any atom is -0.312 e. The molecule has 1 aliphatic heterocycles. The molecule has 2 aliphatic rings. The Hall–Kier alpha value is -2.20. The quantitative estimate of drug-likeness (QED) is 0.863. The summed E-state index contributed by atoms with van der Waals surface area (Å²) in [6, 6.07) is 12.8. The number of aromatic nitrogens is 1. The lowest BCUT2D eigenvalue weighted by atomic mass is 10.0. The zero-order valence-electron chi connectivity index (χ0n) is 15.4. The van der Waals surface area contributed by atoms with Crippen molar-refractivity contribution < 1.29 is 4.79 Å². The van der Waals surface area contributed by atoms with Crippen LogP contribution in [-0.4, -0.2) is 24.0 Å². The van der Waals surface area contributed by atoms with Gasteiger partial charge in [-0.3, -0.25) is 9.78 Å². The predicted molar refractivity (Wildman–Crippen MR) is 104 cm³/mol. The highest BCUT2D eigenvalue weighted by molar-refractivity contribution is 5.94. The lowest BCUT2D eigenvalue weighted by molar-refractivity contribution is -0.118. The van der Waals surface area contributed by atoms with Gasteiger partial charge in [0.25, 0.3) is 0 Å². The van der Waals surface area contributed by atoms with Crippen molar-refractivity contribution in [1.82, 2.24) is 10.3 Å². The molecule has 4 nitrogen and oxygen atoms in total. The molecule has 1 saturated carbocycles. The van der Waals surface area contributed by atoms with E-state index in [0.29, 0.717) is 18.9 Å². The number of hydrogen-bond acceptors (Lipinski definition) is 3. The molecule has 2 heterocycles. The molecule has 1 aliphatic carbocycles. The van der Waals surface area contributed by atoms with E-state index in [1.165, 1.54) is 24.0 Å². The fourth-order valence-corrected chi connectivity index (χ4v) is 3.93. The van der Waals surface area contributed by atoms with E-state index in [1.807, 2.05) is 23.2 Å². The molecule has 1 aromatic heterocycles. The summed E-state index contributed by atoms with van der Waals surface area (Å²) in [5.74, 6) is 0.881. The molecule has 1 amide bonds. The van der Waals surface area contributed by atoms with Crippen LogP contribution in [0.2, 0.25) is 0 Å². The summed E-state index contributed by atoms with van der Waals surface area (Å²) in [4.78, 5) is 19.3. The zero-order valence-corrected chi connectivity index (χ0v) is 15.4. The van der Waals surface area contributed by atoms with E-state index in [1.54, 1.807) is 0 Å². The van der Waals surface area contributed by atoms with Gasteiger partial charge in [-0.25, -0.2) is 0 Å². The first-order chi connectivity index (χ1) is 12.7. The van der Waals surface area contributed by atoms with Gasteiger partial charge in [0.05, 0.1) is 11.7 Å². The smallest absolute Gasteiger partial charge is 0.228 e. The van der Waals surface area contributed by atoms with Crippen LogP contribution < -0.4 is 10.2 Å². The van der Waals surface area contributed by atoms with E-state index in [0.717, 1.165) is 30.8 Å². The molecule has 1 unspecified atom stereocenters. The Labute approximate surface area is 155 Å². The number of rotatable bonds is 6. The van der Waals surface area contributed by atoms with E-state index in [2.05, 4.69) is 41.5 Å². The van der Waals surface area contributed by atoms with Crippen LogP contribution in [0, 0.1) is 12.8 Å². The first-order valence-corrected chi connectivity index (χ1v) is 9.76. The fraction of sp³-hybridized carbons (Fsp3) is 0.455. The van der Waals surface area contributed by atoms with Gasteiger partial charge in [-0.05, 0) is 67.9 Å². The van der Waals surface area contributed by atoms with Crippen LogP contribution in [0.4, 0.5) is 5.69 Å². The molecule has 2 aromatic rings. The molecule has 1 N–H and O–H groups in total. The van der Waals surface area contributed by atoms with Crippen molar-refractivity contribution in [3.8, 4) is 0 Å². The summed E-state index contributed by atoms with van der Waals surface area (Å²) in [5.41, 5.74) is 4.74. The van der Waals surface area contributed by atoms with Gasteiger partial charge in [0.15, 0.2) is 0 Å². The summed E-state index contributed by atoms with van der Waals surface area (Å²) >= 11 is 0. The Morgan fingerprint density at radius 1 is 1.31 bits per heavy atom. The Bertz CT molecular complexity index is 784. The highest BCUT2D eigenvalue weighted by atomic mass is 16.2. The van der Waals surface area contributed by atoms with Crippen molar-refractivity contribution in [3.05, 3.63) is 59.4 Å². The van der Waals surface area contributed by atoms with Crippen LogP contribution in [0.1, 0.15) is 48.5 Å². The number of carbonyl (C=O) groups is 1. The molecule has 0 saturated heterocycles. The summed E-state index contributed by atoms with van der Waals surface area (Å²) in [6.45, 7) is 3.64. The topological polar surface area (TPSA) is 45.2 Å². The Morgan fingerprint density at radius 3 is 2.96 bits per heavy atom. The van der Waals surface area contributed by atoms with Gasteiger partial charge in [-0.15, -0.1) is 0 Å². The SMILES string of the molecule is Cc1ccnc(C(NCCC(=O)N2CCCc3ccccc32)C2CC2)c1. The van der Waals surface area contributed by atoms with Crippen molar-refractivity contribution in [2.75, 3.05) is 18.0 Å². The second-order valence-electron chi connectivity index (χ2n) is 7.55. The van der Waals surface area contributed by atoms with Crippen LogP contribution in [0.5, 0.6) is 0 Å². The maximum Gasteiger partial charge on any atom is 0.228 e. The Balaban J connectivity index is 1.37. The van der Waals surface area contributed by atoms with Gasteiger partial charge in [-0.1, -0.05) is 18.2 Å². The van der Waals surface area contributed by atoms with E-state index in [4.69, 9.17) is 0 Å². The number of nitrogens with zero attached hydrogens (tertiary/aromatic N) is 2. The second-order valence-corrected chi connectivity index (χ2v) is 7.55. The fourth-order valence-electron chi connectivity index (χ4n) is 3.93. The number of pyridine rings is 1. The van der Waals surface area contributed by atoms with Crippen LogP contribution in [-0.2, 0) is 11.2 Å². The normalized spacial score (nSPS) is 17.7. The van der Waals surface area contributed by atoms with Crippen molar-refractivity contribution >= 4 is 11.6 Å². The molecular weight excluding hydrogens is 322 g/mol. The molecule has 0 bridgehead atoms. The monoisotopic (exact) mass is 349 g/mol. The van der Waals surface area contributed by atoms with E-state index in [9.17, 15) is 4.79 Å². The van der Waals surface area contributed by atoms with Gasteiger partial charge in [0, 0.05) is 31.4 Å². The maximum atomic E-state index is 12.8. The first-order valence-electron chi connectivity index (χ1n) is 9.76. The number of nitrogens with one attached hydrogen (secondary N) is 1. The minimum absolute atomic E-state index is 0.219. The third kappa shape index (κ3) is 3.80. The average Bonchev–Trinajstić information content (AvgIpc) is 3.49. The lowest BCUT2D eigenvalue weighted by Gasteiger charge is -2.29. The average molecular weight is 349 g/mol. The molecule has 0 spiro atoms. The highest BCUT2D eigenvalue weighted by Crippen LogP contribution is 2.40. The second kappa shape index (κ2) is 7.58. The van der Waals surface area contributed by atoms with Crippen molar-refractivity contribution in [3.63, 3.8) is 0 Å². The highest BCUT2D eigenvalue weighted by Gasteiger charge is 2.33. The minimum atomic E-state index is 0.219. The number of amides is 1. The summed E-state index contributed by atoms with van der Waals surface area (Å²) in [6.07, 6.45) is 7.04. The Kier molecular flexibility index (Phi) is 5.02. The first kappa shape index (κ1) is 17.2. The third-order valence-corrected chi connectivity index (χ3v) is 5.46. The number of carbonyl (C=O) groups excluding carboxylic acids is 1. The summed E-state index contributed by atoms with van der Waals surface area (Å²) < 4.78 is 0. The molecule has 136 valence electrons. The van der Waals surface area contributed by atoms with Crippen molar-refractivity contribution in [2.24, 2.45) is 5.92 Å². The van der Waals surface area contributed by atoms with Crippen LogP contribution in [0.15, 0.2) is 42.6 Å². The van der Waals surface area contributed by atoms with Gasteiger partial charge in [0.2, 0.25) is 5.91 Å². The lowest BCUT2D eigenvalue weighted by Crippen LogP contribution is -2.37. The Morgan fingerprint density at radius 2 is 2.15 bits per heavy atom. The van der Waals surface area contributed by atoms with Gasteiger partial charge >= 0.3 is 0 Å². The van der Waals surface area contributed by atoms with Crippen molar-refractivity contribution in [1.29, 1.82) is 0 Å².